The topological polar surface area (TPSA) is 110 Å². The summed E-state index contributed by atoms with van der Waals surface area (Å²) in [6.45, 7) is 0. The van der Waals surface area contributed by atoms with Crippen molar-refractivity contribution in [2.45, 2.75) is 0 Å². The molecule has 3 aromatic rings. The Morgan fingerprint density at radius 3 is 1.54 bits per heavy atom. The zero-order chi connectivity index (χ0) is 33.5. The van der Waals surface area contributed by atoms with Crippen molar-refractivity contribution in [3.8, 4) is 61.3 Å². The van der Waals surface area contributed by atoms with Gasteiger partial charge in [-0.05, 0) is 36.4 Å². The van der Waals surface area contributed by atoms with Crippen LogP contribution in [0.2, 0.25) is 0 Å². The quantitative estimate of drug-likeness (QED) is 0.139. The molecule has 0 fully saturated rings. The highest BCUT2D eigenvalue weighted by Crippen LogP contribution is 2.48. The van der Waals surface area contributed by atoms with Gasteiger partial charge in [-0.1, -0.05) is 59.6 Å². The minimum atomic E-state index is -0.923. The van der Waals surface area contributed by atoms with Gasteiger partial charge in [0.1, 0.15) is 40.1 Å². The second kappa shape index (κ2) is 12.8. The van der Waals surface area contributed by atoms with Crippen LogP contribution in [-0.4, -0.2) is 43.7 Å². The summed E-state index contributed by atoms with van der Waals surface area (Å²) in [4.78, 5) is 45.8. The number of hydrogen-bond acceptors (Lipinski definition) is 12. The Morgan fingerprint density at radius 1 is 0.625 bits per heavy atom. The summed E-state index contributed by atoms with van der Waals surface area (Å²) in [6, 6.07) is 18.7. The molecular formula is C33H25N3O8S4. The molecule has 0 spiro atoms. The molecule has 0 radical (unpaired) electrons. The number of carbonyl (C=O) groups is 1. The van der Waals surface area contributed by atoms with E-state index in [-0.39, 0.29) is 17.1 Å². The van der Waals surface area contributed by atoms with Crippen LogP contribution in [0, 0.1) is 0 Å². The summed E-state index contributed by atoms with van der Waals surface area (Å²) in [5, 5.41) is 3.65. The molecule has 4 aliphatic heterocycles. The van der Waals surface area contributed by atoms with Gasteiger partial charge in [-0.15, -0.1) is 0 Å². The third-order valence-electron chi connectivity index (χ3n) is 7.60. The van der Waals surface area contributed by atoms with E-state index in [1.807, 2.05) is 10.8 Å². The third-order valence-corrected chi connectivity index (χ3v) is 11.7. The minimum absolute atomic E-state index is 0.0219. The zero-order valence-electron chi connectivity index (χ0n) is 25.7. The molecule has 0 N–H and O–H groups in total. The van der Waals surface area contributed by atoms with Gasteiger partial charge in [-0.25, -0.2) is 9.69 Å². The molecule has 4 heterocycles. The molecule has 0 saturated carbocycles. The first-order chi connectivity index (χ1) is 23.4. The Morgan fingerprint density at radius 2 is 1.10 bits per heavy atom. The Labute approximate surface area is 288 Å². The summed E-state index contributed by atoms with van der Waals surface area (Å²) in [6.07, 6.45) is -0.923. The molecule has 4 aliphatic rings. The molecule has 7 rings (SSSR count). The molecule has 0 saturated heterocycles. The fourth-order valence-corrected chi connectivity index (χ4v) is 9.88. The van der Waals surface area contributed by atoms with Crippen LogP contribution in [0.5, 0.6) is 28.7 Å². The average molecular weight is 720 g/mol. The monoisotopic (exact) mass is 719 g/mol. The smallest absolute Gasteiger partial charge is 0.424 e. The molecule has 0 atom stereocenters. The van der Waals surface area contributed by atoms with Crippen molar-refractivity contribution in [2.24, 2.45) is 0 Å². The number of para-hydroxylation sites is 1. The lowest BCUT2D eigenvalue weighted by Gasteiger charge is -2.19. The van der Waals surface area contributed by atoms with Crippen LogP contribution < -0.4 is 39.7 Å². The van der Waals surface area contributed by atoms with Crippen LogP contribution in [0.4, 0.5) is 16.2 Å². The molecule has 0 aliphatic carbocycles. The number of rotatable bonds is 9. The molecule has 15 heteroatoms. The second-order valence-corrected chi connectivity index (χ2v) is 14.3. The number of aromatic nitrogens is 2. The number of hydrogen-bond donors (Lipinski definition) is 0. The highest BCUT2D eigenvalue weighted by molar-refractivity contribution is 7.71. The van der Waals surface area contributed by atoms with E-state index in [2.05, 4.69) is 0 Å². The van der Waals surface area contributed by atoms with Crippen molar-refractivity contribution in [1.82, 2.24) is 9.13 Å². The van der Waals surface area contributed by atoms with E-state index in [9.17, 15) is 14.4 Å². The Bertz CT molecular complexity index is 2180. The van der Waals surface area contributed by atoms with Crippen LogP contribution in [0.25, 0.3) is 32.5 Å². The van der Waals surface area contributed by atoms with Crippen molar-refractivity contribution >= 4 is 58.8 Å². The second-order valence-electron chi connectivity index (χ2n) is 10.1. The fraction of sp³-hybridized carbons (Fsp3) is 0.121. The summed E-state index contributed by atoms with van der Waals surface area (Å²) < 4.78 is 30.8. The largest absolute Gasteiger partial charge is 0.497 e. The highest BCUT2D eigenvalue weighted by atomic mass is 32.9. The number of methoxy groups -OCH3 is 4. The standard InChI is InChI=1S/C33H25N3O8S4/c1-40-19-10-12-21(25(14-19)42-3)34-23-16-45-47-29(23)27(31(34)37)36(33(39)44-18-8-6-5-7-9-18)28-30-24(17-46-48-30)35(32(28)38)22-13-11-20(41-2)15-26(22)43-4/h5-17H,1-4H3. The third kappa shape index (κ3) is 5.11. The van der Waals surface area contributed by atoms with E-state index in [0.717, 1.165) is 4.90 Å². The molecule has 1 amide bonds. The summed E-state index contributed by atoms with van der Waals surface area (Å²) in [7, 11) is 11.5. The van der Waals surface area contributed by atoms with Crippen LogP contribution in [0.1, 0.15) is 0 Å². The van der Waals surface area contributed by atoms with Crippen LogP contribution in [0.15, 0.2) is 87.1 Å². The molecule has 11 nitrogen and oxygen atoms in total. The van der Waals surface area contributed by atoms with Gasteiger partial charge < -0.3 is 23.7 Å². The molecule has 48 heavy (non-hydrogen) atoms. The predicted molar refractivity (Wildman–Crippen MR) is 190 cm³/mol. The maximum absolute atomic E-state index is 14.7. The van der Waals surface area contributed by atoms with Gasteiger partial charge in [0.05, 0.1) is 61.0 Å². The first kappa shape index (κ1) is 31.5. The van der Waals surface area contributed by atoms with Gasteiger partial charge in [0, 0.05) is 22.9 Å². The summed E-state index contributed by atoms with van der Waals surface area (Å²) in [5.74, 6) is 2.10. The maximum Gasteiger partial charge on any atom is 0.424 e. The molecule has 3 aromatic carbocycles. The highest BCUT2D eigenvalue weighted by Gasteiger charge is 2.39. The molecule has 0 unspecified atom stereocenters. The van der Waals surface area contributed by atoms with E-state index in [1.54, 1.807) is 66.7 Å². The minimum Gasteiger partial charge on any atom is -0.497 e. The number of ether oxygens (including phenoxy) is 5. The van der Waals surface area contributed by atoms with Gasteiger partial charge in [-0.2, -0.15) is 0 Å². The van der Waals surface area contributed by atoms with E-state index in [0.29, 0.717) is 55.5 Å². The van der Waals surface area contributed by atoms with Crippen molar-refractivity contribution in [2.75, 3.05) is 33.3 Å². The first-order valence-electron chi connectivity index (χ1n) is 14.2. The van der Waals surface area contributed by atoms with E-state index < -0.39 is 17.2 Å². The lowest BCUT2D eigenvalue weighted by molar-refractivity contribution is 0.210. The van der Waals surface area contributed by atoms with E-state index >= 15 is 0 Å². The lowest BCUT2D eigenvalue weighted by Crippen LogP contribution is -2.36. The summed E-state index contributed by atoms with van der Waals surface area (Å²) in [5.41, 5.74) is 0.832. The zero-order valence-corrected chi connectivity index (χ0v) is 29.0. The van der Waals surface area contributed by atoms with Gasteiger partial charge in [0.25, 0.3) is 11.1 Å². The van der Waals surface area contributed by atoms with Gasteiger partial charge in [0.15, 0.2) is 0 Å². The number of benzene rings is 3. The number of fused-ring (bicyclic) bond motifs is 2. The SMILES string of the molecule is COc1ccc(-n2c3cssc-3c(N(C(=O)Oc3ccccc3)c3c4sscc-4n(-c4ccc(OC)cc4OC)c3=O)c2=O)c(OC)c1. The lowest BCUT2D eigenvalue weighted by atomic mass is 10.2. The predicted octanol–water partition coefficient (Wildman–Crippen LogP) is 7.82. The van der Waals surface area contributed by atoms with Crippen LogP contribution in [0.3, 0.4) is 0 Å². The van der Waals surface area contributed by atoms with Gasteiger partial charge in [-0.3, -0.25) is 18.7 Å². The first-order valence-corrected chi connectivity index (χ1v) is 18.6. The number of carbonyl (C=O) groups excluding carboxylic acids is 1. The molecular weight excluding hydrogens is 695 g/mol. The van der Waals surface area contributed by atoms with Crippen molar-refractivity contribution < 1.29 is 28.5 Å². The number of anilines is 2. The van der Waals surface area contributed by atoms with E-state index in [1.165, 1.54) is 78.9 Å². The average Bonchev–Trinajstić information content (AvgIpc) is 3.88. The number of nitrogens with zero attached hydrogens (tertiary/aromatic N) is 3. The van der Waals surface area contributed by atoms with Crippen LogP contribution in [-0.2, 0) is 0 Å². The molecule has 244 valence electrons. The van der Waals surface area contributed by atoms with Crippen molar-refractivity contribution in [3.63, 3.8) is 0 Å². The Balaban J connectivity index is 1.50. The van der Waals surface area contributed by atoms with E-state index in [4.69, 9.17) is 23.7 Å². The molecule has 0 aromatic heterocycles. The normalized spacial score (nSPS) is 11.2. The summed E-state index contributed by atoms with van der Waals surface area (Å²) >= 11 is 0. The molecule has 0 bridgehead atoms. The maximum atomic E-state index is 14.7. The Kier molecular flexibility index (Phi) is 8.43. The van der Waals surface area contributed by atoms with Gasteiger partial charge >= 0.3 is 6.09 Å². The van der Waals surface area contributed by atoms with Gasteiger partial charge in [0.2, 0.25) is 0 Å². The van der Waals surface area contributed by atoms with Crippen molar-refractivity contribution in [3.05, 3.63) is 98.2 Å². The fourth-order valence-electron chi connectivity index (χ4n) is 5.42. The van der Waals surface area contributed by atoms with Crippen molar-refractivity contribution in [1.29, 1.82) is 0 Å². The van der Waals surface area contributed by atoms with Crippen LogP contribution >= 0.6 is 41.4 Å². The number of amides is 1. The Hall–Kier alpha value is -5.09.